The van der Waals surface area contributed by atoms with E-state index in [0.29, 0.717) is 6.04 Å². The van der Waals surface area contributed by atoms with E-state index in [0.717, 1.165) is 29.1 Å². The Labute approximate surface area is 126 Å². The summed E-state index contributed by atoms with van der Waals surface area (Å²) in [6.07, 6.45) is 3.34. The van der Waals surface area contributed by atoms with Crippen molar-refractivity contribution < 1.29 is 13.5 Å². The van der Waals surface area contributed by atoms with Crippen LogP contribution in [0.3, 0.4) is 0 Å². The van der Waals surface area contributed by atoms with Gasteiger partial charge in [0.15, 0.2) is 0 Å². The number of hydrogen-bond acceptors (Lipinski definition) is 4. The summed E-state index contributed by atoms with van der Waals surface area (Å²) in [6.45, 7) is -2.79. The molecule has 1 aliphatic rings. The molecule has 1 aromatic heterocycles. The highest BCUT2D eigenvalue weighted by Gasteiger charge is 2.23. The molecular weight excluding hydrogens is 294 g/mol. The lowest BCUT2D eigenvalue weighted by Crippen LogP contribution is -2.21. The summed E-state index contributed by atoms with van der Waals surface area (Å²) >= 11 is 1.69. The van der Waals surface area contributed by atoms with E-state index in [4.69, 9.17) is 4.98 Å². The first kappa shape index (κ1) is 14.4. The van der Waals surface area contributed by atoms with Crippen LogP contribution in [0.4, 0.5) is 8.78 Å². The normalized spacial score (nSPS) is 17.8. The Bertz CT molecular complexity index is 613. The van der Waals surface area contributed by atoms with E-state index in [9.17, 15) is 8.78 Å². The van der Waals surface area contributed by atoms with Crippen LogP contribution in [0.1, 0.15) is 29.5 Å². The van der Waals surface area contributed by atoms with Crippen LogP contribution in [0.15, 0.2) is 24.3 Å². The Morgan fingerprint density at radius 1 is 1.33 bits per heavy atom. The molecule has 1 aliphatic carbocycles. The number of thiazole rings is 1. The number of halogens is 2. The van der Waals surface area contributed by atoms with Crippen LogP contribution in [0, 0.1) is 0 Å². The fourth-order valence-electron chi connectivity index (χ4n) is 2.60. The second-order valence-electron chi connectivity index (χ2n) is 4.96. The van der Waals surface area contributed by atoms with Crippen molar-refractivity contribution >= 4 is 11.3 Å². The molecule has 21 heavy (non-hydrogen) atoms. The van der Waals surface area contributed by atoms with Crippen molar-refractivity contribution in [1.29, 1.82) is 0 Å². The van der Waals surface area contributed by atoms with Gasteiger partial charge in [-0.25, -0.2) is 4.98 Å². The van der Waals surface area contributed by atoms with E-state index in [2.05, 4.69) is 10.1 Å². The maximum Gasteiger partial charge on any atom is 0.387 e. The Morgan fingerprint density at radius 3 is 2.76 bits per heavy atom. The van der Waals surface area contributed by atoms with E-state index < -0.39 is 6.61 Å². The average molecular weight is 310 g/mol. The third kappa shape index (κ3) is 3.06. The highest BCUT2D eigenvalue weighted by molar-refractivity contribution is 7.15. The Kier molecular flexibility index (Phi) is 4.17. The molecule has 1 aromatic carbocycles. The molecule has 6 heteroatoms. The number of aromatic nitrogens is 1. The number of ether oxygens (including phenoxy) is 1. The molecule has 0 saturated heterocycles. The average Bonchev–Trinajstić information content (AvgIpc) is 2.91. The molecule has 0 radical (unpaired) electrons. The van der Waals surface area contributed by atoms with Crippen LogP contribution in [-0.2, 0) is 6.42 Å². The van der Waals surface area contributed by atoms with Gasteiger partial charge in [0.25, 0.3) is 0 Å². The lowest BCUT2D eigenvalue weighted by Gasteiger charge is -2.19. The molecule has 3 rings (SSSR count). The first-order valence-electron chi connectivity index (χ1n) is 6.89. The van der Waals surface area contributed by atoms with E-state index in [-0.39, 0.29) is 5.75 Å². The van der Waals surface area contributed by atoms with Crippen LogP contribution in [-0.4, -0.2) is 18.6 Å². The number of nitrogens with zero attached hydrogens (tertiary/aromatic N) is 1. The molecule has 1 atom stereocenters. The molecule has 112 valence electrons. The minimum absolute atomic E-state index is 0.170. The fourth-order valence-corrected chi connectivity index (χ4v) is 3.77. The first-order valence-corrected chi connectivity index (χ1v) is 7.71. The molecule has 0 saturated carbocycles. The smallest absolute Gasteiger partial charge is 0.387 e. The number of fused-ring (bicyclic) bond motifs is 1. The van der Waals surface area contributed by atoms with Crippen molar-refractivity contribution in [2.24, 2.45) is 0 Å². The van der Waals surface area contributed by atoms with Crippen molar-refractivity contribution in [3.8, 4) is 16.3 Å². The maximum atomic E-state index is 12.1. The molecular formula is C15H16F2N2OS. The van der Waals surface area contributed by atoms with Crippen molar-refractivity contribution in [2.45, 2.75) is 31.9 Å². The molecule has 0 bridgehead atoms. The number of benzene rings is 1. The summed E-state index contributed by atoms with van der Waals surface area (Å²) in [7, 11) is 1.95. The van der Waals surface area contributed by atoms with Gasteiger partial charge in [0.1, 0.15) is 10.8 Å². The van der Waals surface area contributed by atoms with Crippen LogP contribution in [0.5, 0.6) is 5.75 Å². The van der Waals surface area contributed by atoms with Crippen LogP contribution in [0.2, 0.25) is 0 Å². The van der Waals surface area contributed by atoms with Gasteiger partial charge in [-0.3, -0.25) is 0 Å². The molecule has 1 heterocycles. The summed E-state index contributed by atoms with van der Waals surface area (Å²) in [4.78, 5) is 6.05. The zero-order valence-electron chi connectivity index (χ0n) is 11.6. The summed E-state index contributed by atoms with van der Waals surface area (Å²) < 4.78 is 28.6. The van der Waals surface area contributed by atoms with Crippen molar-refractivity contribution in [2.75, 3.05) is 7.05 Å². The van der Waals surface area contributed by atoms with Crippen LogP contribution in [0.25, 0.3) is 10.6 Å². The maximum absolute atomic E-state index is 12.1. The Morgan fingerprint density at radius 2 is 2.10 bits per heavy atom. The Hall–Kier alpha value is -1.53. The van der Waals surface area contributed by atoms with Gasteiger partial charge in [-0.1, -0.05) is 0 Å². The third-order valence-electron chi connectivity index (χ3n) is 3.63. The SMILES string of the molecule is CNC1CCCc2sc(-c3ccc(OC(F)F)cc3)nc21. The summed E-state index contributed by atoms with van der Waals surface area (Å²) in [5.41, 5.74) is 2.07. The lowest BCUT2D eigenvalue weighted by atomic mass is 9.98. The fraction of sp³-hybridized carbons (Fsp3) is 0.400. The number of alkyl halides is 2. The molecule has 2 aromatic rings. The molecule has 1 N–H and O–H groups in total. The highest BCUT2D eigenvalue weighted by Crippen LogP contribution is 2.37. The second kappa shape index (κ2) is 6.07. The van der Waals surface area contributed by atoms with Gasteiger partial charge < -0.3 is 10.1 Å². The van der Waals surface area contributed by atoms with Crippen molar-refractivity contribution in [3.63, 3.8) is 0 Å². The van der Waals surface area contributed by atoms with Gasteiger partial charge in [-0.2, -0.15) is 8.78 Å². The largest absolute Gasteiger partial charge is 0.435 e. The van der Waals surface area contributed by atoms with Crippen LogP contribution < -0.4 is 10.1 Å². The number of hydrogen-bond donors (Lipinski definition) is 1. The van der Waals surface area contributed by atoms with E-state index in [1.165, 1.54) is 11.3 Å². The topological polar surface area (TPSA) is 34.1 Å². The predicted octanol–water partition coefficient (Wildman–Crippen LogP) is 4.01. The van der Waals surface area contributed by atoms with Gasteiger partial charge >= 0.3 is 6.61 Å². The minimum Gasteiger partial charge on any atom is -0.435 e. The lowest BCUT2D eigenvalue weighted by molar-refractivity contribution is -0.0498. The molecule has 0 fully saturated rings. The zero-order chi connectivity index (χ0) is 14.8. The van der Waals surface area contributed by atoms with Crippen LogP contribution >= 0.6 is 11.3 Å². The quantitative estimate of drug-likeness (QED) is 0.926. The number of nitrogens with one attached hydrogen (secondary N) is 1. The molecule has 3 nitrogen and oxygen atoms in total. The van der Waals surface area contributed by atoms with Gasteiger partial charge in [0, 0.05) is 10.4 Å². The minimum atomic E-state index is -2.79. The summed E-state index contributed by atoms with van der Waals surface area (Å²) in [6, 6.07) is 6.97. The molecule has 0 aliphatic heterocycles. The summed E-state index contributed by atoms with van der Waals surface area (Å²) in [5, 5.41) is 4.23. The summed E-state index contributed by atoms with van der Waals surface area (Å²) in [5.74, 6) is 0.170. The van der Waals surface area contributed by atoms with E-state index >= 15 is 0 Å². The number of rotatable bonds is 4. The molecule has 0 amide bonds. The second-order valence-corrected chi connectivity index (χ2v) is 6.05. The van der Waals surface area contributed by atoms with Gasteiger partial charge in [-0.05, 0) is 50.6 Å². The zero-order valence-corrected chi connectivity index (χ0v) is 12.4. The van der Waals surface area contributed by atoms with Crippen molar-refractivity contribution in [3.05, 3.63) is 34.8 Å². The van der Waals surface area contributed by atoms with E-state index in [1.54, 1.807) is 35.6 Å². The van der Waals surface area contributed by atoms with Crippen molar-refractivity contribution in [1.82, 2.24) is 10.3 Å². The van der Waals surface area contributed by atoms with Gasteiger partial charge in [0.05, 0.1) is 11.7 Å². The van der Waals surface area contributed by atoms with Gasteiger partial charge in [-0.15, -0.1) is 11.3 Å². The third-order valence-corrected chi connectivity index (χ3v) is 4.81. The van der Waals surface area contributed by atoms with E-state index in [1.807, 2.05) is 7.05 Å². The standard InChI is InChI=1S/C15H16F2N2OS/c1-18-11-3-2-4-12-13(11)19-14(21-12)9-5-7-10(8-6-9)20-15(16)17/h5-8,11,15,18H,2-4H2,1H3. The highest BCUT2D eigenvalue weighted by atomic mass is 32.1. The predicted molar refractivity (Wildman–Crippen MR) is 78.9 cm³/mol. The number of aryl methyl sites for hydroxylation is 1. The Balaban J connectivity index is 1.86. The van der Waals surface area contributed by atoms with Gasteiger partial charge in [0.2, 0.25) is 0 Å². The molecule has 1 unspecified atom stereocenters. The first-order chi connectivity index (χ1) is 10.2. The molecule has 0 spiro atoms. The monoisotopic (exact) mass is 310 g/mol.